The third-order valence-electron chi connectivity index (χ3n) is 6.15. The highest BCUT2D eigenvalue weighted by molar-refractivity contribution is 7.92. The summed E-state index contributed by atoms with van der Waals surface area (Å²) >= 11 is 6.42. The van der Waals surface area contributed by atoms with Gasteiger partial charge < -0.3 is 10.2 Å². The maximum atomic E-state index is 13.9. The fraction of sp³-hybridized carbons (Fsp3) is 0.310. The van der Waals surface area contributed by atoms with Crippen molar-refractivity contribution < 1.29 is 18.0 Å². The number of hydrogen-bond acceptors (Lipinski definition) is 4. The van der Waals surface area contributed by atoms with Crippen LogP contribution in [-0.4, -0.2) is 50.8 Å². The van der Waals surface area contributed by atoms with E-state index in [2.05, 4.69) is 5.32 Å². The molecule has 0 saturated carbocycles. The third-order valence-corrected chi connectivity index (χ3v) is 8.24. The van der Waals surface area contributed by atoms with Crippen molar-refractivity contribution in [2.24, 2.45) is 0 Å². The Morgan fingerprint density at radius 3 is 2.11 bits per heavy atom. The summed E-state index contributed by atoms with van der Waals surface area (Å²) in [6, 6.07) is 23.3. The summed E-state index contributed by atoms with van der Waals surface area (Å²) in [5, 5.41) is 3.08. The molecule has 1 atom stereocenters. The molecule has 0 bridgehead atoms. The Balaban J connectivity index is 1.99. The highest BCUT2D eigenvalue weighted by Crippen LogP contribution is 2.30. The van der Waals surface area contributed by atoms with Crippen LogP contribution in [0, 0.1) is 0 Å². The van der Waals surface area contributed by atoms with Crippen molar-refractivity contribution in [2.75, 3.05) is 23.9 Å². The zero-order chi connectivity index (χ0) is 27.5. The van der Waals surface area contributed by atoms with Crippen molar-refractivity contribution >= 4 is 39.1 Å². The molecule has 7 nitrogen and oxygen atoms in total. The highest BCUT2D eigenvalue weighted by Gasteiger charge is 2.34. The minimum absolute atomic E-state index is 0.0382. The lowest BCUT2D eigenvalue weighted by atomic mass is 10.1. The zero-order valence-corrected chi connectivity index (χ0v) is 23.3. The van der Waals surface area contributed by atoms with Gasteiger partial charge in [0, 0.05) is 13.1 Å². The van der Waals surface area contributed by atoms with Crippen LogP contribution >= 0.6 is 11.6 Å². The molecule has 1 N–H and O–H groups in total. The van der Waals surface area contributed by atoms with Gasteiger partial charge in [-0.25, -0.2) is 8.42 Å². The molecule has 0 heterocycles. The Bertz CT molecular complexity index is 1300. The number of amides is 2. The minimum atomic E-state index is -4.14. The van der Waals surface area contributed by atoms with Gasteiger partial charge in [-0.15, -0.1) is 0 Å². The number of nitrogens with one attached hydrogen (secondary N) is 1. The van der Waals surface area contributed by atoms with Crippen molar-refractivity contribution in [3.63, 3.8) is 0 Å². The Morgan fingerprint density at radius 1 is 0.895 bits per heavy atom. The molecule has 0 saturated heterocycles. The van der Waals surface area contributed by atoms with Gasteiger partial charge in [-0.05, 0) is 49.1 Å². The largest absolute Gasteiger partial charge is 0.354 e. The molecule has 2 amide bonds. The fourth-order valence-corrected chi connectivity index (χ4v) is 5.89. The van der Waals surface area contributed by atoms with Crippen LogP contribution in [-0.2, 0) is 26.0 Å². The van der Waals surface area contributed by atoms with E-state index in [1.54, 1.807) is 42.5 Å². The van der Waals surface area contributed by atoms with Crippen LogP contribution in [0.3, 0.4) is 0 Å². The lowest BCUT2D eigenvalue weighted by molar-refractivity contribution is -0.139. The Labute approximate surface area is 230 Å². The number of para-hydroxylation sites is 1. The Kier molecular flexibility index (Phi) is 10.7. The molecule has 38 heavy (non-hydrogen) atoms. The number of hydrogen-bond donors (Lipinski definition) is 1. The van der Waals surface area contributed by atoms with Gasteiger partial charge in [0.05, 0.1) is 15.6 Å². The smallest absolute Gasteiger partial charge is 0.264 e. The van der Waals surface area contributed by atoms with Gasteiger partial charge in [0.1, 0.15) is 12.6 Å². The molecule has 3 aromatic carbocycles. The van der Waals surface area contributed by atoms with Crippen molar-refractivity contribution in [2.45, 2.75) is 44.0 Å². The molecule has 0 unspecified atom stereocenters. The van der Waals surface area contributed by atoms with Crippen LogP contribution in [0.2, 0.25) is 5.02 Å². The normalized spacial score (nSPS) is 12.0. The summed E-state index contributed by atoms with van der Waals surface area (Å²) in [4.78, 5) is 28.5. The summed E-state index contributed by atoms with van der Waals surface area (Å²) in [5.41, 5.74) is 1.20. The zero-order valence-electron chi connectivity index (χ0n) is 21.7. The van der Waals surface area contributed by atoms with Crippen molar-refractivity contribution in [1.29, 1.82) is 0 Å². The molecule has 0 aliphatic heterocycles. The second-order valence-corrected chi connectivity index (χ2v) is 11.1. The van der Waals surface area contributed by atoms with E-state index < -0.39 is 28.5 Å². The minimum Gasteiger partial charge on any atom is -0.354 e. The first kappa shape index (κ1) is 29.2. The van der Waals surface area contributed by atoms with Crippen LogP contribution in [0.4, 0.5) is 5.69 Å². The number of sulfonamides is 1. The van der Waals surface area contributed by atoms with E-state index in [-0.39, 0.29) is 28.1 Å². The molecular weight excluding hydrogens is 522 g/mol. The van der Waals surface area contributed by atoms with Crippen LogP contribution in [0.1, 0.15) is 32.3 Å². The second kappa shape index (κ2) is 14.0. The SMILES string of the molecule is CCCNC(=O)[C@@H](CC)N(CCc1ccccc1)C(=O)CN(c1ccccc1Cl)S(=O)(=O)c1ccccc1. The van der Waals surface area contributed by atoms with Crippen LogP contribution in [0.25, 0.3) is 0 Å². The average molecular weight is 556 g/mol. The molecular formula is C29H34ClN3O4S. The fourth-order valence-electron chi connectivity index (χ4n) is 4.15. The van der Waals surface area contributed by atoms with E-state index >= 15 is 0 Å². The maximum Gasteiger partial charge on any atom is 0.264 e. The maximum absolute atomic E-state index is 13.9. The Morgan fingerprint density at radius 2 is 1.50 bits per heavy atom. The van der Waals surface area contributed by atoms with E-state index in [4.69, 9.17) is 11.6 Å². The summed E-state index contributed by atoms with van der Waals surface area (Å²) in [6.45, 7) is 4.03. The van der Waals surface area contributed by atoms with Gasteiger partial charge in [0.15, 0.2) is 0 Å². The summed E-state index contributed by atoms with van der Waals surface area (Å²) in [6.07, 6.45) is 1.66. The van der Waals surface area contributed by atoms with Crippen LogP contribution in [0.5, 0.6) is 0 Å². The monoisotopic (exact) mass is 555 g/mol. The molecule has 0 spiro atoms. The summed E-state index contributed by atoms with van der Waals surface area (Å²) in [7, 11) is -4.14. The van der Waals surface area contributed by atoms with E-state index in [9.17, 15) is 18.0 Å². The topological polar surface area (TPSA) is 86.8 Å². The van der Waals surface area contributed by atoms with E-state index in [0.29, 0.717) is 19.4 Å². The first-order valence-corrected chi connectivity index (χ1v) is 14.5. The number of benzene rings is 3. The summed E-state index contributed by atoms with van der Waals surface area (Å²) in [5.74, 6) is -0.746. The lowest BCUT2D eigenvalue weighted by Crippen LogP contribution is -2.53. The second-order valence-electron chi connectivity index (χ2n) is 8.81. The predicted molar refractivity (Wildman–Crippen MR) is 152 cm³/mol. The van der Waals surface area contributed by atoms with Gasteiger partial charge in [0.25, 0.3) is 10.0 Å². The molecule has 3 aromatic rings. The predicted octanol–water partition coefficient (Wildman–Crippen LogP) is 4.91. The molecule has 9 heteroatoms. The van der Waals surface area contributed by atoms with Gasteiger partial charge in [-0.2, -0.15) is 0 Å². The van der Waals surface area contributed by atoms with Crippen LogP contribution in [0.15, 0.2) is 89.8 Å². The van der Waals surface area contributed by atoms with Crippen molar-refractivity contribution in [3.8, 4) is 0 Å². The number of carbonyl (C=O) groups excluding carboxylic acids is 2. The van der Waals surface area contributed by atoms with Crippen molar-refractivity contribution in [3.05, 3.63) is 95.5 Å². The average Bonchev–Trinajstić information content (AvgIpc) is 2.94. The quantitative estimate of drug-likeness (QED) is 0.324. The van der Waals surface area contributed by atoms with E-state index in [0.717, 1.165) is 16.3 Å². The molecule has 3 rings (SSSR count). The lowest BCUT2D eigenvalue weighted by Gasteiger charge is -2.33. The van der Waals surface area contributed by atoms with E-state index in [1.807, 2.05) is 44.2 Å². The third kappa shape index (κ3) is 7.36. The number of rotatable bonds is 13. The first-order valence-electron chi connectivity index (χ1n) is 12.7. The molecule has 0 radical (unpaired) electrons. The van der Waals surface area contributed by atoms with Crippen LogP contribution < -0.4 is 9.62 Å². The number of halogens is 1. The van der Waals surface area contributed by atoms with Gasteiger partial charge in [0.2, 0.25) is 11.8 Å². The molecule has 0 aliphatic rings. The Hall–Kier alpha value is -3.36. The standard InChI is InChI=1S/C29H34ClN3O4S/c1-3-20-31-29(35)26(4-2)32(21-19-23-13-7-5-8-14-23)28(34)22-33(27-18-12-11-17-25(27)30)38(36,37)24-15-9-6-10-16-24/h5-18,26H,3-4,19-22H2,1-2H3,(H,31,35)/t26-/m1/s1. The molecule has 0 aliphatic carbocycles. The number of carbonyl (C=O) groups is 2. The number of anilines is 1. The molecule has 0 fully saturated rings. The van der Waals surface area contributed by atoms with Gasteiger partial charge in [-0.3, -0.25) is 13.9 Å². The first-order chi connectivity index (χ1) is 18.3. The molecule has 0 aromatic heterocycles. The van der Waals surface area contributed by atoms with Crippen molar-refractivity contribution in [1.82, 2.24) is 10.2 Å². The van der Waals surface area contributed by atoms with Gasteiger partial charge >= 0.3 is 0 Å². The highest BCUT2D eigenvalue weighted by atomic mass is 35.5. The van der Waals surface area contributed by atoms with Gasteiger partial charge in [-0.1, -0.05) is 86.1 Å². The number of nitrogens with zero attached hydrogens (tertiary/aromatic N) is 2. The summed E-state index contributed by atoms with van der Waals surface area (Å²) < 4.78 is 28.5. The van der Waals surface area contributed by atoms with E-state index in [1.165, 1.54) is 17.0 Å². The molecule has 202 valence electrons.